The molecule has 11 nitrogen and oxygen atoms in total. The number of nitrogens with one attached hydrogen (secondary N) is 2. The normalized spacial score (nSPS) is 23.2. The molecule has 3 amide bonds. The van der Waals surface area contributed by atoms with Crippen molar-refractivity contribution in [1.29, 1.82) is 0 Å². The molecule has 2 rings (SSSR count). The van der Waals surface area contributed by atoms with Crippen LogP contribution in [0.25, 0.3) is 0 Å². The molecule has 5 unspecified atom stereocenters. The summed E-state index contributed by atoms with van der Waals surface area (Å²) in [7, 11) is 1.38. The van der Waals surface area contributed by atoms with Crippen LogP contribution in [0.15, 0.2) is 0 Å². The second-order valence-corrected chi connectivity index (χ2v) is 15.6. The van der Waals surface area contributed by atoms with Crippen molar-refractivity contribution in [3.05, 3.63) is 0 Å². The summed E-state index contributed by atoms with van der Waals surface area (Å²) in [5.41, 5.74) is 0. The van der Waals surface area contributed by atoms with Gasteiger partial charge in [-0.15, -0.1) is 4.83 Å². The summed E-state index contributed by atoms with van der Waals surface area (Å²) in [5.74, 6) is -1.36. The minimum atomic E-state index is -3.58. The first kappa shape index (κ1) is 37.4. The van der Waals surface area contributed by atoms with Gasteiger partial charge in [0.2, 0.25) is 27.7 Å². The summed E-state index contributed by atoms with van der Waals surface area (Å²) in [6.07, 6.45) is 7.86. The zero-order valence-electron chi connectivity index (χ0n) is 27.7. The average molecular weight is 630 g/mol. The molecule has 2 fully saturated rings. The molecular formula is C31H59N5O6S. The topological polar surface area (TPSA) is 139 Å². The van der Waals surface area contributed by atoms with Crippen LogP contribution in [0.5, 0.6) is 0 Å². The first-order chi connectivity index (χ1) is 20.2. The maximum absolute atomic E-state index is 13.9. The Labute approximate surface area is 260 Å². The van der Waals surface area contributed by atoms with Crippen molar-refractivity contribution < 1.29 is 27.9 Å². The maximum Gasteiger partial charge on any atom is 0.226 e. The molecule has 12 heteroatoms. The third kappa shape index (κ3) is 11.6. The molecule has 0 aromatic rings. The van der Waals surface area contributed by atoms with Crippen molar-refractivity contribution >= 4 is 27.7 Å². The van der Waals surface area contributed by atoms with Gasteiger partial charge in [-0.1, -0.05) is 46.0 Å². The molecular weight excluding hydrogens is 570 g/mol. The number of aliphatic hydroxyl groups excluding tert-OH is 1. The number of aliphatic hydroxyl groups is 1. The number of amides is 3. The van der Waals surface area contributed by atoms with Crippen LogP contribution in [0.2, 0.25) is 0 Å². The van der Waals surface area contributed by atoms with Gasteiger partial charge in [0, 0.05) is 58.5 Å². The molecule has 0 heterocycles. The van der Waals surface area contributed by atoms with Crippen molar-refractivity contribution in [2.24, 2.45) is 23.7 Å². The predicted octanol–water partition coefficient (Wildman–Crippen LogP) is 2.75. The lowest BCUT2D eigenvalue weighted by atomic mass is 9.73. The second-order valence-electron chi connectivity index (χ2n) is 13.3. The Bertz CT molecular complexity index is 995. The fourth-order valence-corrected chi connectivity index (χ4v) is 7.31. The quantitative estimate of drug-likeness (QED) is 0.223. The minimum absolute atomic E-state index is 0.000129. The first-order valence-electron chi connectivity index (χ1n) is 16.4. The van der Waals surface area contributed by atoms with E-state index < -0.39 is 45.2 Å². The SMILES string of the molecule is CCCN(CCC)C(=O)C1CC(C(=O)NC(CC2CCCCC2)C(O)CN(C)NS(=O)(=O)C(C)C)CC(C(=O)N(C)C)C1. The first-order valence-corrected chi connectivity index (χ1v) is 17.9. The molecule has 250 valence electrons. The summed E-state index contributed by atoms with van der Waals surface area (Å²) < 4.78 is 24.8. The van der Waals surface area contributed by atoms with Gasteiger partial charge in [0.05, 0.1) is 17.4 Å². The predicted molar refractivity (Wildman–Crippen MR) is 169 cm³/mol. The fourth-order valence-electron chi connectivity index (χ4n) is 6.59. The second kappa shape index (κ2) is 17.7. The molecule has 3 N–H and O–H groups in total. The zero-order chi connectivity index (χ0) is 32.3. The molecule has 0 aromatic carbocycles. The van der Waals surface area contributed by atoms with Crippen LogP contribution in [0.1, 0.15) is 98.3 Å². The third-order valence-corrected chi connectivity index (χ3v) is 10.8. The Hall–Kier alpha value is -1.76. The van der Waals surface area contributed by atoms with E-state index in [1.165, 1.54) is 16.3 Å². The lowest BCUT2D eigenvalue weighted by molar-refractivity contribution is -0.143. The highest BCUT2D eigenvalue weighted by molar-refractivity contribution is 7.90. The van der Waals surface area contributed by atoms with E-state index in [-0.39, 0.29) is 24.3 Å². The van der Waals surface area contributed by atoms with Crippen molar-refractivity contribution in [2.75, 3.05) is 40.8 Å². The lowest BCUT2D eigenvalue weighted by Crippen LogP contribution is -2.54. The molecule has 0 saturated heterocycles. The Morgan fingerprint density at radius 3 is 1.91 bits per heavy atom. The van der Waals surface area contributed by atoms with Crippen molar-refractivity contribution in [3.63, 3.8) is 0 Å². The third-order valence-electron chi connectivity index (χ3n) is 8.98. The van der Waals surface area contributed by atoms with Crippen LogP contribution in [0.4, 0.5) is 0 Å². The van der Waals surface area contributed by atoms with Gasteiger partial charge >= 0.3 is 0 Å². The van der Waals surface area contributed by atoms with Crippen LogP contribution in [-0.2, 0) is 24.4 Å². The Balaban J connectivity index is 2.26. The van der Waals surface area contributed by atoms with Gasteiger partial charge in [-0.05, 0) is 58.3 Å². The van der Waals surface area contributed by atoms with Gasteiger partial charge in [-0.3, -0.25) is 14.4 Å². The molecule has 2 aliphatic carbocycles. The molecule has 0 aliphatic heterocycles. The highest BCUT2D eigenvalue weighted by Gasteiger charge is 2.41. The number of likely N-dealkylation sites (N-methyl/N-ethyl adjacent to an activating group) is 1. The van der Waals surface area contributed by atoms with Crippen LogP contribution >= 0.6 is 0 Å². The molecule has 2 aliphatic rings. The molecule has 0 spiro atoms. The molecule has 5 atom stereocenters. The summed E-state index contributed by atoms with van der Waals surface area (Å²) in [6, 6.07) is -0.586. The van der Waals surface area contributed by atoms with E-state index in [1.807, 2.05) is 18.7 Å². The summed E-state index contributed by atoms with van der Waals surface area (Å²) in [6.45, 7) is 8.53. The molecule has 2 saturated carbocycles. The Morgan fingerprint density at radius 2 is 1.40 bits per heavy atom. The molecule has 0 aromatic heterocycles. The number of hydrogen-bond donors (Lipinski definition) is 3. The van der Waals surface area contributed by atoms with Crippen molar-refractivity contribution in [3.8, 4) is 0 Å². The van der Waals surface area contributed by atoms with E-state index in [9.17, 15) is 27.9 Å². The summed E-state index contributed by atoms with van der Waals surface area (Å²) in [5, 5.41) is 15.2. The van der Waals surface area contributed by atoms with E-state index >= 15 is 0 Å². The van der Waals surface area contributed by atoms with Crippen LogP contribution in [-0.4, -0.2) is 104 Å². The van der Waals surface area contributed by atoms with Gasteiger partial charge in [0.25, 0.3) is 0 Å². The molecule has 0 bridgehead atoms. The number of carbonyl (C=O) groups is 3. The fraction of sp³-hybridized carbons (Fsp3) is 0.903. The zero-order valence-corrected chi connectivity index (χ0v) is 28.5. The summed E-state index contributed by atoms with van der Waals surface area (Å²) >= 11 is 0. The smallest absolute Gasteiger partial charge is 0.226 e. The Morgan fingerprint density at radius 1 is 0.860 bits per heavy atom. The van der Waals surface area contributed by atoms with Gasteiger partial charge < -0.3 is 20.2 Å². The van der Waals surface area contributed by atoms with Gasteiger partial charge in [-0.25, -0.2) is 13.4 Å². The summed E-state index contributed by atoms with van der Waals surface area (Å²) in [4.78, 5) is 46.5. The number of rotatable bonds is 16. The molecule has 43 heavy (non-hydrogen) atoms. The number of sulfonamides is 1. The van der Waals surface area contributed by atoms with E-state index in [1.54, 1.807) is 35.0 Å². The highest BCUT2D eigenvalue weighted by atomic mass is 32.2. The number of hydrazine groups is 1. The van der Waals surface area contributed by atoms with E-state index in [4.69, 9.17) is 0 Å². The highest BCUT2D eigenvalue weighted by Crippen LogP contribution is 2.36. The van der Waals surface area contributed by atoms with Crippen molar-refractivity contribution in [2.45, 2.75) is 116 Å². The minimum Gasteiger partial charge on any atom is -0.390 e. The van der Waals surface area contributed by atoms with Crippen molar-refractivity contribution in [1.82, 2.24) is 25.0 Å². The monoisotopic (exact) mass is 629 g/mol. The standard InChI is InChI=1S/C31H59N5O6S/c1-8-15-36(16-9-2)31(40)26-19-24(18-25(20-26)30(39)34(5)6)29(38)32-27(17-23-13-11-10-12-14-23)28(37)21-35(7)33-43(41,42)22(3)4/h22-28,33,37H,8-21H2,1-7H3,(H,32,38). The van der Waals surface area contributed by atoms with Gasteiger partial charge in [0.15, 0.2) is 0 Å². The number of nitrogens with zero attached hydrogens (tertiary/aromatic N) is 3. The van der Waals surface area contributed by atoms with Crippen LogP contribution < -0.4 is 10.1 Å². The van der Waals surface area contributed by atoms with E-state index in [0.29, 0.717) is 44.7 Å². The van der Waals surface area contributed by atoms with Crippen LogP contribution in [0.3, 0.4) is 0 Å². The maximum atomic E-state index is 13.9. The average Bonchev–Trinajstić information content (AvgIpc) is 2.95. The number of hydrogen-bond acceptors (Lipinski definition) is 7. The molecule has 0 radical (unpaired) electrons. The lowest BCUT2D eigenvalue weighted by Gasteiger charge is -2.38. The van der Waals surface area contributed by atoms with Gasteiger partial charge in [-0.2, -0.15) is 0 Å². The number of carbonyl (C=O) groups excluding carboxylic acids is 3. The Kier molecular flexibility index (Phi) is 15.4. The van der Waals surface area contributed by atoms with E-state index in [0.717, 1.165) is 38.5 Å². The van der Waals surface area contributed by atoms with E-state index in [2.05, 4.69) is 10.1 Å². The largest absolute Gasteiger partial charge is 0.390 e. The van der Waals surface area contributed by atoms with Gasteiger partial charge in [0.1, 0.15) is 0 Å². The van der Waals surface area contributed by atoms with Crippen LogP contribution in [0, 0.1) is 23.7 Å².